The van der Waals surface area contributed by atoms with Crippen molar-refractivity contribution < 1.29 is 28.6 Å². The molecule has 5 nitrogen and oxygen atoms in total. The molecule has 0 aromatic heterocycles. The number of carbonyl (C=O) groups is 2. The van der Waals surface area contributed by atoms with Gasteiger partial charge in [0.05, 0.1) is 19.8 Å². The van der Waals surface area contributed by atoms with Crippen molar-refractivity contribution in [1.82, 2.24) is 0 Å². The Morgan fingerprint density at radius 1 is 1.23 bits per heavy atom. The molecule has 0 fully saturated rings. The molecule has 1 aliphatic carbocycles. The Labute approximate surface area is 127 Å². The summed E-state index contributed by atoms with van der Waals surface area (Å²) < 4.78 is 23.7. The molecule has 2 rings (SSSR count). The van der Waals surface area contributed by atoms with Crippen LogP contribution in [0.1, 0.15) is 24.8 Å². The maximum absolute atomic E-state index is 14.2. The lowest BCUT2D eigenvalue weighted by Crippen LogP contribution is -2.41. The fourth-order valence-corrected chi connectivity index (χ4v) is 2.85. The normalized spacial score (nSPS) is 21.4. The maximum Gasteiger partial charge on any atom is 0.337 e. The van der Waals surface area contributed by atoms with Crippen LogP contribution in [-0.4, -0.2) is 31.3 Å². The molecule has 22 heavy (non-hydrogen) atoms. The molecule has 118 valence electrons. The van der Waals surface area contributed by atoms with Gasteiger partial charge in [-0.25, -0.2) is 9.18 Å². The Morgan fingerprint density at radius 2 is 1.91 bits per heavy atom. The molecule has 0 spiro atoms. The molecule has 1 aliphatic rings. The minimum atomic E-state index is -1.35. The molecule has 1 aromatic carbocycles. The van der Waals surface area contributed by atoms with Crippen LogP contribution in [0.5, 0.6) is 0 Å². The molecule has 0 saturated heterocycles. The molecular weight excluding hydrogens is 291 g/mol. The molecule has 0 bridgehead atoms. The minimum absolute atomic E-state index is 0.0256. The molecule has 0 saturated carbocycles. The zero-order valence-electron chi connectivity index (χ0n) is 12.4. The van der Waals surface area contributed by atoms with E-state index in [1.807, 2.05) is 0 Å². The Morgan fingerprint density at radius 3 is 2.50 bits per heavy atom. The van der Waals surface area contributed by atoms with E-state index in [4.69, 9.17) is 4.74 Å². The Hall–Kier alpha value is -2.37. The molecule has 0 aliphatic heterocycles. The van der Waals surface area contributed by atoms with Crippen LogP contribution >= 0.6 is 0 Å². The van der Waals surface area contributed by atoms with Crippen molar-refractivity contribution in [1.29, 1.82) is 0 Å². The van der Waals surface area contributed by atoms with E-state index in [9.17, 15) is 19.1 Å². The highest BCUT2D eigenvalue weighted by molar-refractivity contribution is 5.93. The Kier molecular flexibility index (Phi) is 4.49. The van der Waals surface area contributed by atoms with Crippen molar-refractivity contribution in [2.24, 2.45) is 0 Å². The number of methoxy groups -OCH3 is 2. The maximum atomic E-state index is 14.2. The third-order valence-corrected chi connectivity index (χ3v) is 4.01. The van der Waals surface area contributed by atoms with E-state index in [1.54, 1.807) is 6.07 Å². The number of esters is 2. The van der Waals surface area contributed by atoms with Gasteiger partial charge in [0.1, 0.15) is 17.0 Å². The number of ether oxygens (including phenoxy) is 2. The number of halogens is 1. The van der Waals surface area contributed by atoms with Crippen LogP contribution in [0.15, 0.2) is 35.6 Å². The van der Waals surface area contributed by atoms with Gasteiger partial charge in [-0.3, -0.25) is 4.79 Å². The first-order chi connectivity index (χ1) is 10.5. The van der Waals surface area contributed by atoms with Crippen LogP contribution in [0.4, 0.5) is 4.39 Å². The lowest BCUT2D eigenvalue weighted by atomic mass is 9.68. The second-order valence-corrected chi connectivity index (χ2v) is 5.15. The number of carbonyl (C=O) groups excluding carboxylic acids is 2. The number of benzene rings is 1. The molecule has 6 heteroatoms. The van der Waals surface area contributed by atoms with Gasteiger partial charge in [-0.1, -0.05) is 18.2 Å². The average molecular weight is 308 g/mol. The minimum Gasteiger partial charge on any atom is -0.512 e. The first-order valence-corrected chi connectivity index (χ1v) is 6.79. The van der Waals surface area contributed by atoms with Gasteiger partial charge in [0, 0.05) is 18.4 Å². The molecule has 1 N–H and O–H groups in total. The second kappa shape index (κ2) is 6.17. The lowest BCUT2D eigenvalue weighted by molar-refractivity contribution is -0.148. The van der Waals surface area contributed by atoms with Crippen molar-refractivity contribution in [2.75, 3.05) is 14.2 Å². The van der Waals surface area contributed by atoms with E-state index in [-0.39, 0.29) is 36.2 Å². The van der Waals surface area contributed by atoms with Gasteiger partial charge in [-0.05, 0) is 12.5 Å². The van der Waals surface area contributed by atoms with Gasteiger partial charge in [0.15, 0.2) is 0 Å². The van der Waals surface area contributed by atoms with Crippen LogP contribution in [0, 0.1) is 5.82 Å². The SMILES string of the molecule is COC(=O)C1=C(O)CCC(C(=O)OC)(c2ccccc2F)C1. The van der Waals surface area contributed by atoms with Gasteiger partial charge in [-0.15, -0.1) is 0 Å². The van der Waals surface area contributed by atoms with E-state index < -0.39 is 23.2 Å². The number of hydrogen-bond acceptors (Lipinski definition) is 5. The van der Waals surface area contributed by atoms with Crippen molar-refractivity contribution in [3.05, 3.63) is 47.0 Å². The second-order valence-electron chi connectivity index (χ2n) is 5.15. The summed E-state index contributed by atoms with van der Waals surface area (Å²) in [7, 11) is 2.39. The van der Waals surface area contributed by atoms with Crippen LogP contribution < -0.4 is 0 Å². The zero-order chi connectivity index (χ0) is 16.3. The predicted octanol–water partition coefficient (Wildman–Crippen LogP) is 2.41. The molecule has 0 amide bonds. The number of rotatable bonds is 3. The molecule has 1 atom stereocenters. The first kappa shape index (κ1) is 16.0. The summed E-state index contributed by atoms with van der Waals surface area (Å²) in [6.45, 7) is 0. The Balaban J connectivity index is 2.57. The number of aliphatic hydroxyl groups is 1. The van der Waals surface area contributed by atoms with Gasteiger partial charge < -0.3 is 14.6 Å². The zero-order valence-corrected chi connectivity index (χ0v) is 12.4. The highest BCUT2D eigenvalue weighted by Gasteiger charge is 2.48. The standard InChI is InChI=1S/C16H17FO5/c1-21-14(19)10-9-16(15(20)22-2,8-7-13(10)18)11-5-3-4-6-12(11)17/h3-6,18H,7-9H2,1-2H3. The molecule has 1 aromatic rings. The van der Waals surface area contributed by atoms with Crippen molar-refractivity contribution in [3.8, 4) is 0 Å². The monoisotopic (exact) mass is 308 g/mol. The highest BCUT2D eigenvalue weighted by Crippen LogP contribution is 2.43. The van der Waals surface area contributed by atoms with Crippen LogP contribution in [0.25, 0.3) is 0 Å². The lowest BCUT2D eigenvalue weighted by Gasteiger charge is -2.35. The summed E-state index contributed by atoms with van der Waals surface area (Å²) in [5.41, 5.74) is -1.23. The summed E-state index contributed by atoms with van der Waals surface area (Å²) >= 11 is 0. The van der Waals surface area contributed by atoms with E-state index >= 15 is 0 Å². The Bertz CT molecular complexity index is 637. The number of hydrogen-bond donors (Lipinski definition) is 1. The molecule has 1 unspecified atom stereocenters. The fraction of sp³-hybridized carbons (Fsp3) is 0.375. The molecular formula is C16H17FO5. The highest BCUT2D eigenvalue weighted by atomic mass is 19.1. The topological polar surface area (TPSA) is 72.8 Å². The summed E-state index contributed by atoms with van der Waals surface area (Å²) in [6.07, 6.45) is 0.0416. The summed E-state index contributed by atoms with van der Waals surface area (Å²) in [4.78, 5) is 24.2. The molecule has 0 radical (unpaired) electrons. The van der Waals surface area contributed by atoms with Gasteiger partial charge in [-0.2, -0.15) is 0 Å². The summed E-state index contributed by atoms with van der Waals surface area (Å²) in [5, 5.41) is 9.91. The van der Waals surface area contributed by atoms with E-state index in [1.165, 1.54) is 32.4 Å². The van der Waals surface area contributed by atoms with Crippen LogP contribution in [-0.2, 0) is 24.5 Å². The first-order valence-electron chi connectivity index (χ1n) is 6.79. The van der Waals surface area contributed by atoms with Gasteiger partial charge in [0.2, 0.25) is 0 Å². The summed E-state index contributed by atoms with van der Waals surface area (Å²) in [5.74, 6) is -2.07. The van der Waals surface area contributed by atoms with Gasteiger partial charge >= 0.3 is 11.9 Å². The van der Waals surface area contributed by atoms with Gasteiger partial charge in [0.25, 0.3) is 0 Å². The third-order valence-electron chi connectivity index (χ3n) is 4.01. The fourth-order valence-electron chi connectivity index (χ4n) is 2.85. The van der Waals surface area contributed by atoms with E-state index in [0.29, 0.717) is 0 Å². The van der Waals surface area contributed by atoms with E-state index in [2.05, 4.69) is 4.74 Å². The summed E-state index contributed by atoms with van der Waals surface area (Å²) in [6, 6.07) is 5.86. The van der Waals surface area contributed by atoms with Crippen LogP contribution in [0.2, 0.25) is 0 Å². The molecule has 0 heterocycles. The predicted molar refractivity (Wildman–Crippen MR) is 75.6 cm³/mol. The smallest absolute Gasteiger partial charge is 0.337 e. The quantitative estimate of drug-likeness (QED) is 0.868. The van der Waals surface area contributed by atoms with Crippen molar-refractivity contribution >= 4 is 11.9 Å². The largest absolute Gasteiger partial charge is 0.512 e. The number of aliphatic hydroxyl groups excluding tert-OH is 1. The van der Waals surface area contributed by atoms with E-state index in [0.717, 1.165) is 0 Å². The average Bonchev–Trinajstić information content (AvgIpc) is 2.54. The third kappa shape index (κ3) is 2.56. The van der Waals surface area contributed by atoms with Crippen molar-refractivity contribution in [3.63, 3.8) is 0 Å². The van der Waals surface area contributed by atoms with Crippen LogP contribution in [0.3, 0.4) is 0 Å². The van der Waals surface area contributed by atoms with Crippen molar-refractivity contribution in [2.45, 2.75) is 24.7 Å². The number of allylic oxidation sites excluding steroid dienone is 1.